The summed E-state index contributed by atoms with van der Waals surface area (Å²) in [6.07, 6.45) is 6.16. The van der Waals surface area contributed by atoms with Gasteiger partial charge in [0.05, 0.1) is 18.2 Å². The van der Waals surface area contributed by atoms with Crippen LogP contribution < -0.4 is 5.73 Å². The smallest absolute Gasteiger partial charge is 0.315 e. The van der Waals surface area contributed by atoms with Crippen LogP contribution in [0.15, 0.2) is 24.3 Å². The highest BCUT2D eigenvalue weighted by atomic mass is 16.3. The molecule has 170 valence electrons. The molecule has 7 nitrogen and oxygen atoms in total. The Kier molecular flexibility index (Phi) is 7.13. The van der Waals surface area contributed by atoms with Gasteiger partial charge in [-0.15, -0.1) is 0 Å². The second kappa shape index (κ2) is 10.0. The van der Waals surface area contributed by atoms with Crippen LogP contribution >= 0.6 is 0 Å². The van der Waals surface area contributed by atoms with Crippen molar-refractivity contribution < 1.29 is 14.7 Å². The highest BCUT2D eigenvalue weighted by Gasteiger charge is 2.40. The largest absolute Gasteiger partial charge is 0.392 e. The van der Waals surface area contributed by atoms with Gasteiger partial charge in [-0.1, -0.05) is 30.7 Å². The van der Waals surface area contributed by atoms with Crippen LogP contribution in [0.3, 0.4) is 0 Å². The van der Waals surface area contributed by atoms with Gasteiger partial charge in [0.15, 0.2) is 0 Å². The minimum Gasteiger partial charge on any atom is -0.392 e. The molecule has 3 heterocycles. The van der Waals surface area contributed by atoms with Crippen LogP contribution in [0.1, 0.15) is 56.1 Å². The molecule has 0 spiro atoms. The number of urea groups is 1. The van der Waals surface area contributed by atoms with Gasteiger partial charge >= 0.3 is 6.03 Å². The highest BCUT2D eigenvalue weighted by molar-refractivity contribution is 5.77. The molecular formula is C24H36N4O3. The number of nitrogens with two attached hydrogens (primary N) is 1. The maximum atomic E-state index is 12.8. The van der Waals surface area contributed by atoms with Crippen LogP contribution in [0.25, 0.3) is 0 Å². The van der Waals surface area contributed by atoms with Crippen molar-refractivity contribution in [3.63, 3.8) is 0 Å². The number of hydrogen-bond acceptors (Lipinski definition) is 4. The molecule has 3 aliphatic heterocycles. The van der Waals surface area contributed by atoms with Crippen LogP contribution in [-0.4, -0.2) is 76.1 Å². The third kappa shape index (κ3) is 5.21. The van der Waals surface area contributed by atoms with Crippen LogP contribution in [0.5, 0.6) is 0 Å². The van der Waals surface area contributed by atoms with Gasteiger partial charge in [0.2, 0.25) is 5.91 Å². The number of piperidine rings is 1. The van der Waals surface area contributed by atoms with Crippen molar-refractivity contribution in [1.82, 2.24) is 14.7 Å². The lowest BCUT2D eigenvalue weighted by atomic mass is 9.89. The fourth-order valence-electron chi connectivity index (χ4n) is 5.67. The van der Waals surface area contributed by atoms with E-state index >= 15 is 0 Å². The number of fused-ring (bicyclic) bond motifs is 1. The van der Waals surface area contributed by atoms with Gasteiger partial charge in [-0.3, -0.25) is 9.69 Å². The molecular weight excluding hydrogens is 392 g/mol. The van der Waals surface area contributed by atoms with E-state index in [2.05, 4.69) is 29.2 Å². The molecule has 0 aromatic heterocycles. The molecule has 0 saturated carbocycles. The zero-order valence-corrected chi connectivity index (χ0v) is 18.4. The molecule has 4 rings (SSSR count). The summed E-state index contributed by atoms with van der Waals surface area (Å²) in [7, 11) is 0. The van der Waals surface area contributed by atoms with Crippen molar-refractivity contribution in [2.75, 3.05) is 26.2 Å². The standard InChI is InChI=1S/C24H36N4O3/c25-24(31)28-13-6-9-21(27-12-5-1-2-10-23(27)30)22(28)15-20(29)17-26-14-11-18-7-3-4-8-19(18)16-26/h3-4,7-8,20-22,29H,1-2,5-6,9-17H2,(H2,25,31)/t20-,21?,22?/m0/s1. The van der Waals surface area contributed by atoms with Crippen LogP contribution in [0.2, 0.25) is 0 Å². The summed E-state index contributed by atoms with van der Waals surface area (Å²) in [5, 5.41) is 11.0. The first-order valence-electron chi connectivity index (χ1n) is 11.9. The molecule has 0 bridgehead atoms. The summed E-state index contributed by atoms with van der Waals surface area (Å²) in [6.45, 7) is 3.67. The molecule has 3 aliphatic rings. The lowest BCUT2D eigenvalue weighted by Crippen LogP contribution is -2.60. The first-order valence-corrected chi connectivity index (χ1v) is 11.9. The van der Waals surface area contributed by atoms with E-state index in [-0.39, 0.29) is 18.0 Å². The zero-order valence-electron chi connectivity index (χ0n) is 18.4. The quantitative estimate of drug-likeness (QED) is 0.752. The fraction of sp³-hybridized carbons (Fsp3) is 0.667. The minimum atomic E-state index is -0.570. The Morgan fingerprint density at radius 2 is 1.87 bits per heavy atom. The first kappa shape index (κ1) is 22.1. The number of amides is 3. The second-order valence-corrected chi connectivity index (χ2v) is 9.35. The Balaban J connectivity index is 1.44. The summed E-state index contributed by atoms with van der Waals surface area (Å²) >= 11 is 0. The third-order valence-electron chi connectivity index (χ3n) is 7.23. The van der Waals surface area contributed by atoms with E-state index in [0.29, 0.717) is 25.9 Å². The normalized spacial score (nSPS) is 26.3. The van der Waals surface area contributed by atoms with Crippen LogP contribution in [-0.2, 0) is 17.8 Å². The summed E-state index contributed by atoms with van der Waals surface area (Å²) in [4.78, 5) is 30.9. The molecule has 3 N–H and O–H groups in total. The predicted molar refractivity (Wildman–Crippen MR) is 119 cm³/mol. The first-order chi connectivity index (χ1) is 15.0. The van der Waals surface area contributed by atoms with Crippen molar-refractivity contribution in [2.45, 2.75) is 76.1 Å². The van der Waals surface area contributed by atoms with Gasteiger partial charge in [0.1, 0.15) is 0 Å². The summed E-state index contributed by atoms with van der Waals surface area (Å²) in [5.74, 6) is 0.181. The number of aliphatic hydroxyl groups is 1. The molecule has 2 unspecified atom stereocenters. The fourth-order valence-corrected chi connectivity index (χ4v) is 5.67. The maximum absolute atomic E-state index is 12.8. The van der Waals surface area contributed by atoms with E-state index in [1.54, 1.807) is 4.90 Å². The number of likely N-dealkylation sites (tertiary alicyclic amines) is 2. The topological polar surface area (TPSA) is 90.1 Å². The summed E-state index contributed by atoms with van der Waals surface area (Å²) in [5.41, 5.74) is 8.43. The third-order valence-corrected chi connectivity index (χ3v) is 7.23. The molecule has 1 aromatic carbocycles. The van der Waals surface area contributed by atoms with Crippen molar-refractivity contribution in [2.24, 2.45) is 5.73 Å². The van der Waals surface area contributed by atoms with Crippen LogP contribution in [0.4, 0.5) is 4.79 Å². The maximum Gasteiger partial charge on any atom is 0.315 e. The Labute approximate surface area is 185 Å². The second-order valence-electron chi connectivity index (χ2n) is 9.35. The predicted octanol–water partition coefficient (Wildman–Crippen LogP) is 2.11. The van der Waals surface area contributed by atoms with E-state index in [1.165, 1.54) is 11.1 Å². The average molecular weight is 429 g/mol. The molecule has 1 aromatic rings. The number of benzene rings is 1. The van der Waals surface area contributed by atoms with E-state index in [0.717, 1.165) is 58.2 Å². The van der Waals surface area contributed by atoms with E-state index < -0.39 is 12.1 Å². The number of β-amino-alcohol motifs (C(OH)–C–C–N with tert-alkyl or cyclic N) is 1. The number of carbonyl (C=O) groups excluding carboxylic acids is 2. The zero-order chi connectivity index (χ0) is 21.8. The molecule has 2 saturated heterocycles. The van der Waals surface area contributed by atoms with Gasteiger partial charge in [-0.25, -0.2) is 4.79 Å². The molecule has 7 heteroatoms. The van der Waals surface area contributed by atoms with Gasteiger partial charge in [-0.05, 0) is 49.7 Å². The molecule has 0 radical (unpaired) electrons. The van der Waals surface area contributed by atoms with Gasteiger partial charge in [-0.2, -0.15) is 0 Å². The summed E-state index contributed by atoms with van der Waals surface area (Å²) in [6, 6.07) is 7.76. The van der Waals surface area contributed by atoms with Crippen molar-refractivity contribution >= 4 is 11.9 Å². The van der Waals surface area contributed by atoms with Gasteiger partial charge < -0.3 is 20.6 Å². The minimum absolute atomic E-state index is 0.0522. The number of carbonyl (C=O) groups is 2. The Hall–Kier alpha value is -2.12. The Bertz CT molecular complexity index is 786. The Morgan fingerprint density at radius 1 is 1.06 bits per heavy atom. The van der Waals surface area contributed by atoms with E-state index in [4.69, 9.17) is 5.73 Å². The Morgan fingerprint density at radius 3 is 2.68 bits per heavy atom. The lowest BCUT2D eigenvalue weighted by Gasteiger charge is -2.46. The van der Waals surface area contributed by atoms with Gasteiger partial charge in [0, 0.05) is 39.1 Å². The number of nitrogens with zero attached hydrogens (tertiary/aromatic N) is 3. The van der Waals surface area contributed by atoms with Crippen LogP contribution in [0, 0.1) is 0 Å². The molecule has 2 fully saturated rings. The highest BCUT2D eigenvalue weighted by Crippen LogP contribution is 2.29. The molecule has 3 atom stereocenters. The molecule has 0 aliphatic carbocycles. The number of hydrogen-bond donors (Lipinski definition) is 2. The number of primary amides is 1. The molecule has 31 heavy (non-hydrogen) atoms. The average Bonchev–Trinajstić information content (AvgIpc) is 2.98. The van der Waals surface area contributed by atoms with E-state index in [1.807, 2.05) is 4.90 Å². The van der Waals surface area contributed by atoms with Crippen molar-refractivity contribution in [3.8, 4) is 0 Å². The van der Waals surface area contributed by atoms with Gasteiger partial charge in [0.25, 0.3) is 0 Å². The SMILES string of the molecule is NC(=O)N1CCCC(N2CCCCCC2=O)C1C[C@H](O)CN1CCc2ccccc2C1. The summed E-state index contributed by atoms with van der Waals surface area (Å²) < 4.78 is 0. The molecule has 3 amide bonds. The van der Waals surface area contributed by atoms with Crippen molar-refractivity contribution in [3.05, 3.63) is 35.4 Å². The number of rotatable bonds is 5. The van der Waals surface area contributed by atoms with E-state index in [9.17, 15) is 14.7 Å². The monoisotopic (exact) mass is 428 g/mol. The lowest BCUT2D eigenvalue weighted by molar-refractivity contribution is -0.135. The number of aliphatic hydroxyl groups excluding tert-OH is 1. The van der Waals surface area contributed by atoms with Crippen molar-refractivity contribution in [1.29, 1.82) is 0 Å².